The maximum absolute atomic E-state index is 12.7. The quantitative estimate of drug-likeness (QED) is 0.752. The number of rotatable bonds is 6. The average Bonchev–Trinajstić information content (AvgIpc) is 2.72. The highest BCUT2D eigenvalue weighted by Crippen LogP contribution is 2.21. The lowest BCUT2D eigenvalue weighted by molar-refractivity contribution is -0.135. The maximum Gasteiger partial charge on any atom is 0.317 e. The monoisotopic (exact) mass is 429 g/mol. The number of urea groups is 1. The molecule has 0 radical (unpaired) electrons. The zero-order chi connectivity index (χ0) is 22.4. The van der Waals surface area contributed by atoms with Crippen molar-refractivity contribution in [3.63, 3.8) is 0 Å². The molecule has 31 heavy (non-hydrogen) atoms. The van der Waals surface area contributed by atoms with E-state index in [1.165, 1.54) is 12.0 Å². The number of nitrogens with one attached hydrogen (secondary N) is 1. The lowest BCUT2D eigenvalue weighted by Crippen LogP contribution is -2.54. The third-order valence-corrected chi connectivity index (χ3v) is 6.21. The SMILES string of the molecule is CC1CC(C)CN(C(=O)CN2CCN(C(=O)NCc3ccc(CN(C)C)cc3)CC2)C1. The Morgan fingerprint density at radius 2 is 1.52 bits per heavy atom. The van der Waals surface area contributed by atoms with E-state index in [9.17, 15) is 9.59 Å². The Hall–Kier alpha value is -2.12. The molecule has 1 aromatic rings. The van der Waals surface area contributed by atoms with Crippen molar-refractivity contribution in [2.75, 3.05) is 59.9 Å². The van der Waals surface area contributed by atoms with Crippen molar-refractivity contribution in [1.82, 2.24) is 24.9 Å². The molecule has 0 saturated carbocycles. The summed E-state index contributed by atoms with van der Waals surface area (Å²) in [4.78, 5) is 33.5. The maximum atomic E-state index is 12.7. The van der Waals surface area contributed by atoms with Gasteiger partial charge in [-0.3, -0.25) is 9.69 Å². The van der Waals surface area contributed by atoms with Crippen LogP contribution in [0.15, 0.2) is 24.3 Å². The first kappa shape index (κ1) is 23.5. The number of likely N-dealkylation sites (tertiary alicyclic amines) is 1. The van der Waals surface area contributed by atoms with Gasteiger partial charge in [-0.1, -0.05) is 38.1 Å². The third-order valence-electron chi connectivity index (χ3n) is 6.21. The van der Waals surface area contributed by atoms with Crippen LogP contribution in [0.2, 0.25) is 0 Å². The van der Waals surface area contributed by atoms with Gasteiger partial charge >= 0.3 is 6.03 Å². The average molecular weight is 430 g/mol. The molecule has 2 unspecified atom stereocenters. The number of piperazine rings is 1. The van der Waals surface area contributed by atoms with E-state index >= 15 is 0 Å². The predicted molar refractivity (Wildman–Crippen MR) is 124 cm³/mol. The van der Waals surface area contributed by atoms with E-state index in [1.54, 1.807) is 0 Å². The Morgan fingerprint density at radius 3 is 2.10 bits per heavy atom. The Balaban J connectivity index is 1.38. The van der Waals surface area contributed by atoms with Gasteiger partial charge in [0.05, 0.1) is 6.54 Å². The Bertz CT molecular complexity index is 718. The van der Waals surface area contributed by atoms with Gasteiger partial charge in [-0.05, 0) is 43.5 Å². The van der Waals surface area contributed by atoms with Gasteiger partial charge in [0.25, 0.3) is 0 Å². The van der Waals surface area contributed by atoms with Gasteiger partial charge in [0.1, 0.15) is 0 Å². The van der Waals surface area contributed by atoms with Crippen molar-refractivity contribution in [1.29, 1.82) is 0 Å². The molecule has 1 N–H and O–H groups in total. The summed E-state index contributed by atoms with van der Waals surface area (Å²) in [7, 11) is 4.11. The molecule has 3 rings (SSSR count). The van der Waals surface area contributed by atoms with E-state index in [0.717, 1.165) is 38.3 Å². The molecule has 0 aromatic heterocycles. The number of carbonyl (C=O) groups is 2. The lowest BCUT2D eigenvalue weighted by Gasteiger charge is -2.38. The van der Waals surface area contributed by atoms with Gasteiger partial charge in [0.15, 0.2) is 0 Å². The van der Waals surface area contributed by atoms with Crippen LogP contribution in [0.4, 0.5) is 4.79 Å². The minimum atomic E-state index is -0.0259. The van der Waals surface area contributed by atoms with Gasteiger partial charge in [0.2, 0.25) is 5.91 Å². The molecule has 172 valence electrons. The molecule has 2 saturated heterocycles. The van der Waals surface area contributed by atoms with E-state index in [4.69, 9.17) is 0 Å². The normalized spacial score (nSPS) is 22.6. The summed E-state index contributed by atoms with van der Waals surface area (Å²) in [5, 5.41) is 3.03. The second-order valence-electron chi connectivity index (χ2n) is 9.72. The first-order valence-corrected chi connectivity index (χ1v) is 11.6. The summed E-state index contributed by atoms with van der Waals surface area (Å²) in [6.45, 7) is 10.9. The second-order valence-corrected chi connectivity index (χ2v) is 9.72. The summed E-state index contributed by atoms with van der Waals surface area (Å²) in [6.07, 6.45) is 1.21. The first-order chi connectivity index (χ1) is 14.8. The summed E-state index contributed by atoms with van der Waals surface area (Å²) < 4.78 is 0. The predicted octanol–water partition coefficient (Wildman–Crippen LogP) is 2.08. The molecule has 0 aliphatic carbocycles. The smallest absolute Gasteiger partial charge is 0.317 e. The highest BCUT2D eigenvalue weighted by molar-refractivity contribution is 5.78. The van der Waals surface area contributed by atoms with Crippen LogP contribution in [-0.2, 0) is 17.9 Å². The molecular formula is C24H39N5O2. The molecule has 2 atom stereocenters. The van der Waals surface area contributed by atoms with Crippen molar-refractivity contribution >= 4 is 11.9 Å². The van der Waals surface area contributed by atoms with Crippen molar-refractivity contribution in [3.8, 4) is 0 Å². The van der Waals surface area contributed by atoms with Crippen molar-refractivity contribution in [2.24, 2.45) is 11.8 Å². The number of hydrogen-bond acceptors (Lipinski definition) is 4. The topological polar surface area (TPSA) is 59.1 Å². The van der Waals surface area contributed by atoms with Gasteiger partial charge in [0, 0.05) is 52.4 Å². The number of piperidine rings is 1. The molecule has 3 amide bonds. The molecule has 0 spiro atoms. The van der Waals surface area contributed by atoms with E-state index in [-0.39, 0.29) is 11.9 Å². The molecule has 1 aromatic carbocycles. The molecule has 7 heteroatoms. The molecular weight excluding hydrogens is 390 g/mol. The van der Waals surface area contributed by atoms with Gasteiger partial charge in [-0.2, -0.15) is 0 Å². The Kier molecular flexibility index (Phi) is 8.32. The van der Waals surface area contributed by atoms with E-state index in [0.29, 0.717) is 38.0 Å². The summed E-state index contributed by atoms with van der Waals surface area (Å²) >= 11 is 0. The van der Waals surface area contributed by atoms with Gasteiger partial charge in [-0.15, -0.1) is 0 Å². The molecule has 2 fully saturated rings. The first-order valence-electron chi connectivity index (χ1n) is 11.6. The summed E-state index contributed by atoms with van der Waals surface area (Å²) in [6, 6.07) is 8.35. The number of nitrogens with zero attached hydrogens (tertiary/aromatic N) is 4. The molecule has 2 heterocycles. The number of hydrogen-bond donors (Lipinski definition) is 1. The summed E-state index contributed by atoms with van der Waals surface area (Å²) in [5.74, 6) is 1.39. The highest BCUT2D eigenvalue weighted by Gasteiger charge is 2.28. The largest absolute Gasteiger partial charge is 0.341 e. The number of amides is 3. The van der Waals surface area contributed by atoms with Crippen LogP contribution in [0.1, 0.15) is 31.4 Å². The van der Waals surface area contributed by atoms with Crippen LogP contribution in [0, 0.1) is 11.8 Å². The van der Waals surface area contributed by atoms with Gasteiger partial charge < -0.3 is 20.0 Å². The highest BCUT2D eigenvalue weighted by atomic mass is 16.2. The number of carbonyl (C=O) groups excluding carboxylic acids is 2. The number of benzene rings is 1. The fourth-order valence-electron chi connectivity index (χ4n) is 4.68. The van der Waals surface area contributed by atoms with Crippen LogP contribution >= 0.6 is 0 Å². The van der Waals surface area contributed by atoms with Gasteiger partial charge in [-0.25, -0.2) is 4.79 Å². The van der Waals surface area contributed by atoms with E-state index in [1.807, 2.05) is 9.80 Å². The fraction of sp³-hybridized carbons (Fsp3) is 0.667. The zero-order valence-corrected chi connectivity index (χ0v) is 19.6. The molecule has 7 nitrogen and oxygen atoms in total. The van der Waals surface area contributed by atoms with Crippen molar-refractivity contribution in [2.45, 2.75) is 33.4 Å². The third kappa shape index (κ3) is 7.21. The Labute approximate surface area is 187 Å². The standard InChI is InChI=1S/C24H39N5O2/c1-19-13-20(2)16-29(15-19)23(30)18-27-9-11-28(12-10-27)24(31)25-14-21-5-7-22(8-6-21)17-26(3)4/h5-8,19-20H,9-18H2,1-4H3,(H,25,31). The minimum Gasteiger partial charge on any atom is -0.341 e. The van der Waals surface area contributed by atoms with Crippen LogP contribution in [-0.4, -0.2) is 91.4 Å². The Morgan fingerprint density at radius 1 is 0.935 bits per heavy atom. The minimum absolute atomic E-state index is 0.0259. The van der Waals surface area contributed by atoms with Crippen LogP contribution in [0.25, 0.3) is 0 Å². The molecule has 2 aliphatic heterocycles. The van der Waals surface area contributed by atoms with Crippen LogP contribution < -0.4 is 5.32 Å². The van der Waals surface area contributed by atoms with E-state index < -0.39 is 0 Å². The van der Waals surface area contributed by atoms with Crippen molar-refractivity contribution in [3.05, 3.63) is 35.4 Å². The second kappa shape index (κ2) is 11.0. The van der Waals surface area contributed by atoms with Crippen LogP contribution in [0.5, 0.6) is 0 Å². The van der Waals surface area contributed by atoms with E-state index in [2.05, 4.69) is 67.3 Å². The van der Waals surface area contributed by atoms with Crippen LogP contribution in [0.3, 0.4) is 0 Å². The summed E-state index contributed by atoms with van der Waals surface area (Å²) in [5.41, 5.74) is 2.37. The van der Waals surface area contributed by atoms with Crippen molar-refractivity contribution < 1.29 is 9.59 Å². The lowest BCUT2D eigenvalue weighted by atomic mass is 9.92. The fourth-order valence-corrected chi connectivity index (χ4v) is 4.68. The molecule has 2 aliphatic rings. The zero-order valence-electron chi connectivity index (χ0n) is 19.6. The molecule has 0 bridgehead atoms.